The molecule has 0 atom stereocenters. The second kappa shape index (κ2) is 7.71. The lowest BCUT2D eigenvalue weighted by molar-refractivity contribution is -0.384. The predicted molar refractivity (Wildman–Crippen MR) is 97.7 cm³/mol. The topological polar surface area (TPSA) is 88.4 Å². The number of thiazole rings is 1. The minimum absolute atomic E-state index is 0.0235. The van der Waals surface area contributed by atoms with E-state index in [0.29, 0.717) is 22.9 Å². The third kappa shape index (κ3) is 4.61. The van der Waals surface area contributed by atoms with Crippen LogP contribution in [0.25, 0.3) is 11.3 Å². The highest BCUT2D eigenvalue weighted by atomic mass is 32.1. The van der Waals surface area contributed by atoms with Crippen LogP contribution in [-0.4, -0.2) is 40.3 Å². The molecule has 25 heavy (non-hydrogen) atoms. The Morgan fingerprint density at radius 1 is 1.44 bits per heavy atom. The number of non-ortho nitro benzene ring substituents is 1. The fourth-order valence-electron chi connectivity index (χ4n) is 2.82. The van der Waals surface area contributed by atoms with Crippen molar-refractivity contribution >= 4 is 28.1 Å². The van der Waals surface area contributed by atoms with E-state index in [4.69, 9.17) is 0 Å². The third-order valence-electron chi connectivity index (χ3n) is 4.35. The molecule has 0 bridgehead atoms. The molecule has 0 spiro atoms. The molecule has 1 fully saturated rings. The molecule has 0 aliphatic carbocycles. The molecular weight excluding hydrogens is 340 g/mol. The van der Waals surface area contributed by atoms with Crippen LogP contribution >= 0.6 is 11.3 Å². The molecule has 1 aromatic heterocycles. The first-order valence-electron chi connectivity index (χ1n) is 8.24. The average Bonchev–Trinajstić information content (AvgIpc) is 3.05. The fourth-order valence-corrected chi connectivity index (χ4v) is 3.56. The molecule has 0 saturated carbocycles. The average molecular weight is 360 g/mol. The zero-order valence-electron chi connectivity index (χ0n) is 14.0. The lowest BCUT2D eigenvalue weighted by Crippen LogP contribution is -2.38. The summed E-state index contributed by atoms with van der Waals surface area (Å²) in [6.07, 6.45) is 2.25. The summed E-state index contributed by atoms with van der Waals surface area (Å²) >= 11 is 1.32. The van der Waals surface area contributed by atoms with Crippen LogP contribution in [0.1, 0.15) is 19.8 Å². The van der Waals surface area contributed by atoms with Gasteiger partial charge in [-0.25, -0.2) is 4.98 Å². The van der Waals surface area contributed by atoms with Crippen LogP contribution < -0.4 is 5.32 Å². The molecule has 1 saturated heterocycles. The van der Waals surface area contributed by atoms with E-state index in [9.17, 15) is 14.9 Å². The Bertz CT molecular complexity index is 769. The van der Waals surface area contributed by atoms with E-state index in [1.54, 1.807) is 17.5 Å². The number of aromatic nitrogens is 1. The Morgan fingerprint density at radius 3 is 2.92 bits per heavy atom. The van der Waals surface area contributed by atoms with Gasteiger partial charge >= 0.3 is 0 Å². The third-order valence-corrected chi connectivity index (χ3v) is 5.10. The summed E-state index contributed by atoms with van der Waals surface area (Å²) < 4.78 is 0. The first-order valence-corrected chi connectivity index (χ1v) is 9.12. The Morgan fingerprint density at radius 2 is 2.20 bits per heavy atom. The van der Waals surface area contributed by atoms with Gasteiger partial charge in [-0.2, -0.15) is 0 Å². The summed E-state index contributed by atoms with van der Waals surface area (Å²) in [6.45, 7) is 4.51. The van der Waals surface area contributed by atoms with Crippen molar-refractivity contribution in [3.8, 4) is 11.3 Å². The number of nitro benzene ring substituents is 1. The van der Waals surface area contributed by atoms with Crippen molar-refractivity contribution in [2.75, 3.05) is 25.0 Å². The van der Waals surface area contributed by atoms with Crippen molar-refractivity contribution in [2.45, 2.75) is 19.8 Å². The van der Waals surface area contributed by atoms with Gasteiger partial charge in [-0.1, -0.05) is 19.1 Å². The zero-order valence-corrected chi connectivity index (χ0v) is 14.8. The molecule has 1 N–H and O–H groups in total. The van der Waals surface area contributed by atoms with Crippen molar-refractivity contribution in [1.82, 2.24) is 9.88 Å². The summed E-state index contributed by atoms with van der Waals surface area (Å²) in [5, 5.41) is 16.0. The lowest BCUT2D eigenvalue weighted by atomic mass is 9.99. The number of amides is 1. The highest BCUT2D eigenvalue weighted by Gasteiger charge is 2.18. The van der Waals surface area contributed by atoms with Gasteiger partial charge in [0.2, 0.25) is 5.91 Å². The second-order valence-corrected chi connectivity index (χ2v) is 7.21. The highest BCUT2D eigenvalue weighted by molar-refractivity contribution is 7.14. The van der Waals surface area contributed by atoms with E-state index in [2.05, 4.69) is 22.1 Å². The van der Waals surface area contributed by atoms with Crippen LogP contribution in [0.2, 0.25) is 0 Å². The van der Waals surface area contributed by atoms with E-state index in [1.807, 2.05) is 0 Å². The van der Waals surface area contributed by atoms with Gasteiger partial charge in [0.25, 0.3) is 5.69 Å². The molecule has 2 heterocycles. The Labute approximate surface area is 149 Å². The fraction of sp³-hybridized carbons (Fsp3) is 0.412. The smallest absolute Gasteiger partial charge is 0.270 e. The summed E-state index contributed by atoms with van der Waals surface area (Å²) in [5.74, 6) is 0.658. The van der Waals surface area contributed by atoms with E-state index >= 15 is 0 Å². The van der Waals surface area contributed by atoms with E-state index in [1.165, 1.54) is 23.5 Å². The van der Waals surface area contributed by atoms with E-state index < -0.39 is 4.92 Å². The van der Waals surface area contributed by atoms with Crippen LogP contribution in [-0.2, 0) is 4.79 Å². The maximum Gasteiger partial charge on any atom is 0.270 e. The lowest BCUT2D eigenvalue weighted by Gasteiger charge is -2.29. The second-order valence-electron chi connectivity index (χ2n) is 6.35. The first kappa shape index (κ1) is 17.5. The van der Waals surface area contributed by atoms with Gasteiger partial charge in [0.1, 0.15) is 0 Å². The minimum atomic E-state index is -0.433. The first-order chi connectivity index (χ1) is 12.0. The maximum absolute atomic E-state index is 12.2. The molecule has 8 heteroatoms. The summed E-state index contributed by atoms with van der Waals surface area (Å²) in [5.41, 5.74) is 1.31. The van der Waals surface area contributed by atoms with Gasteiger partial charge in [-0.15, -0.1) is 11.3 Å². The molecule has 132 valence electrons. The van der Waals surface area contributed by atoms with Crippen molar-refractivity contribution < 1.29 is 9.72 Å². The highest BCUT2D eigenvalue weighted by Crippen LogP contribution is 2.27. The SMILES string of the molecule is CC1CCN(CC(=O)Nc2nc(-c3cccc([N+](=O)[O-])c3)cs2)CC1. The summed E-state index contributed by atoms with van der Waals surface area (Å²) in [6, 6.07) is 6.32. The van der Waals surface area contributed by atoms with Crippen molar-refractivity contribution in [2.24, 2.45) is 5.92 Å². The number of carbonyl (C=O) groups excluding carboxylic acids is 1. The Hall–Kier alpha value is -2.32. The van der Waals surface area contributed by atoms with Gasteiger partial charge < -0.3 is 5.32 Å². The van der Waals surface area contributed by atoms with E-state index in [-0.39, 0.29) is 11.6 Å². The molecule has 1 aliphatic heterocycles. The predicted octanol–water partition coefficient (Wildman–Crippen LogP) is 3.39. The largest absolute Gasteiger partial charge is 0.301 e. The number of nitrogens with one attached hydrogen (secondary N) is 1. The zero-order chi connectivity index (χ0) is 17.8. The van der Waals surface area contributed by atoms with Gasteiger partial charge in [0.05, 0.1) is 17.2 Å². The van der Waals surface area contributed by atoms with Crippen molar-refractivity contribution in [1.29, 1.82) is 0 Å². The molecule has 2 aromatic rings. The van der Waals surface area contributed by atoms with E-state index in [0.717, 1.165) is 31.8 Å². The minimum Gasteiger partial charge on any atom is -0.301 e. The number of hydrogen-bond donors (Lipinski definition) is 1. The molecule has 0 unspecified atom stereocenters. The number of nitrogens with zero attached hydrogens (tertiary/aromatic N) is 3. The summed E-state index contributed by atoms with van der Waals surface area (Å²) in [7, 11) is 0. The Balaban J connectivity index is 1.61. The van der Waals surface area contributed by atoms with Gasteiger partial charge in [-0.3, -0.25) is 19.8 Å². The number of carbonyl (C=O) groups is 1. The van der Waals surface area contributed by atoms with Crippen LogP contribution in [0, 0.1) is 16.0 Å². The van der Waals surface area contributed by atoms with Crippen LogP contribution in [0.3, 0.4) is 0 Å². The molecule has 1 aliphatic rings. The standard InChI is InChI=1S/C17H20N4O3S/c1-12-5-7-20(8-6-12)10-16(22)19-17-18-15(11-25-17)13-3-2-4-14(9-13)21(23)24/h2-4,9,11-12H,5-8,10H2,1H3,(H,18,19,22). The van der Waals surface area contributed by atoms with Crippen LogP contribution in [0.5, 0.6) is 0 Å². The molecular formula is C17H20N4O3S. The number of likely N-dealkylation sites (tertiary alicyclic amines) is 1. The quantitative estimate of drug-likeness (QED) is 0.652. The van der Waals surface area contributed by atoms with Gasteiger partial charge in [0, 0.05) is 23.1 Å². The number of nitro groups is 1. The number of anilines is 1. The van der Waals surface area contributed by atoms with Gasteiger partial charge in [-0.05, 0) is 31.8 Å². The molecule has 7 nitrogen and oxygen atoms in total. The van der Waals surface area contributed by atoms with Gasteiger partial charge in [0.15, 0.2) is 5.13 Å². The van der Waals surface area contributed by atoms with Crippen LogP contribution in [0.15, 0.2) is 29.6 Å². The van der Waals surface area contributed by atoms with Crippen LogP contribution in [0.4, 0.5) is 10.8 Å². The molecule has 1 amide bonds. The van der Waals surface area contributed by atoms with Crippen molar-refractivity contribution in [3.63, 3.8) is 0 Å². The summed E-state index contributed by atoms with van der Waals surface area (Å²) in [4.78, 5) is 29.1. The number of rotatable bonds is 5. The monoisotopic (exact) mass is 360 g/mol. The number of hydrogen-bond acceptors (Lipinski definition) is 6. The molecule has 3 rings (SSSR count). The molecule has 1 aromatic carbocycles. The maximum atomic E-state index is 12.2. The van der Waals surface area contributed by atoms with Crippen molar-refractivity contribution in [3.05, 3.63) is 39.8 Å². The number of piperidine rings is 1. The number of benzene rings is 1. The Kier molecular flexibility index (Phi) is 5.40. The molecule has 0 radical (unpaired) electrons. The normalized spacial score (nSPS) is 15.9.